The molecular weight excluding hydrogens is 268 g/mol. The fraction of sp³-hybridized carbons (Fsp3) is 0.769. The molecular formula is C13H26O7. The van der Waals surface area contributed by atoms with Gasteiger partial charge in [-0.1, -0.05) is 6.58 Å². The highest BCUT2D eigenvalue weighted by Gasteiger charge is 2.01. The SMILES string of the molecule is C=C(C)C(=O)OCCOCCOC.OCCOCCO. The standard InChI is InChI=1S/C9H16O4.C4H10O3/c1-8(2)9(10)13-7-6-12-5-4-11-3;5-1-3-7-4-2-6/h1,4-7H2,2-3H3;5-6H,1-4H2. The van der Waals surface area contributed by atoms with Crippen molar-refractivity contribution >= 4 is 5.97 Å². The highest BCUT2D eigenvalue weighted by molar-refractivity contribution is 5.86. The van der Waals surface area contributed by atoms with Gasteiger partial charge in [-0.25, -0.2) is 4.79 Å². The Morgan fingerprint density at radius 3 is 1.90 bits per heavy atom. The van der Waals surface area contributed by atoms with Gasteiger partial charge in [-0.15, -0.1) is 0 Å². The van der Waals surface area contributed by atoms with Crippen molar-refractivity contribution in [2.45, 2.75) is 6.92 Å². The fourth-order valence-corrected chi connectivity index (χ4v) is 0.792. The highest BCUT2D eigenvalue weighted by atomic mass is 16.6. The molecule has 0 aromatic rings. The maximum absolute atomic E-state index is 10.8. The normalized spacial score (nSPS) is 9.60. The van der Waals surface area contributed by atoms with E-state index in [1.165, 1.54) is 0 Å². The Kier molecular flexibility index (Phi) is 19.2. The third-order valence-electron chi connectivity index (χ3n) is 1.71. The van der Waals surface area contributed by atoms with Gasteiger partial charge >= 0.3 is 5.97 Å². The lowest BCUT2D eigenvalue weighted by atomic mass is 10.4. The Bertz CT molecular complexity index is 227. The highest BCUT2D eigenvalue weighted by Crippen LogP contribution is 1.91. The predicted molar refractivity (Wildman–Crippen MR) is 73.5 cm³/mol. The van der Waals surface area contributed by atoms with E-state index in [4.69, 9.17) is 24.4 Å². The van der Waals surface area contributed by atoms with E-state index in [1.54, 1.807) is 14.0 Å². The molecule has 0 unspecified atom stereocenters. The summed E-state index contributed by atoms with van der Waals surface area (Å²) >= 11 is 0. The first kappa shape index (κ1) is 21.3. The van der Waals surface area contributed by atoms with Crippen LogP contribution in [0.15, 0.2) is 12.2 Å². The predicted octanol–water partition coefficient (Wildman–Crippen LogP) is -0.244. The summed E-state index contributed by atoms with van der Waals surface area (Å²) in [7, 11) is 1.60. The van der Waals surface area contributed by atoms with Crippen LogP contribution in [0.3, 0.4) is 0 Å². The second-order valence-electron chi connectivity index (χ2n) is 3.58. The molecule has 0 amide bonds. The molecule has 0 atom stereocenters. The Balaban J connectivity index is 0. The van der Waals surface area contributed by atoms with E-state index in [0.29, 0.717) is 38.6 Å². The second kappa shape index (κ2) is 18.0. The average molecular weight is 294 g/mol. The van der Waals surface area contributed by atoms with Crippen LogP contribution < -0.4 is 0 Å². The molecule has 20 heavy (non-hydrogen) atoms. The number of aliphatic hydroxyl groups is 2. The van der Waals surface area contributed by atoms with Crippen LogP contribution in [-0.4, -0.2) is 76.1 Å². The number of carbonyl (C=O) groups is 1. The van der Waals surface area contributed by atoms with E-state index in [0.717, 1.165) is 0 Å². The van der Waals surface area contributed by atoms with Crippen molar-refractivity contribution in [1.29, 1.82) is 0 Å². The molecule has 0 aliphatic heterocycles. The summed E-state index contributed by atoms with van der Waals surface area (Å²) in [5, 5.41) is 16.2. The van der Waals surface area contributed by atoms with Crippen molar-refractivity contribution in [3.05, 3.63) is 12.2 Å². The van der Waals surface area contributed by atoms with Crippen LogP contribution in [0.4, 0.5) is 0 Å². The molecule has 0 saturated carbocycles. The first-order valence-corrected chi connectivity index (χ1v) is 6.28. The molecule has 0 fully saturated rings. The zero-order valence-electron chi connectivity index (χ0n) is 12.3. The molecule has 2 N–H and O–H groups in total. The van der Waals surface area contributed by atoms with Gasteiger partial charge in [0.15, 0.2) is 0 Å². The largest absolute Gasteiger partial charge is 0.460 e. The molecule has 0 aromatic heterocycles. The van der Waals surface area contributed by atoms with Gasteiger partial charge in [0.2, 0.25) is 0 Å². The van der Waals surface area contributed by atoms with Crippen LogP contribution in [-0.2, 0) is 23.7 Å². The lowest BCUT2D eigenvalue weighted by Gasteiger charge is -2.04. The van der Waals surface area contributed by atoms with E-state index in [9.17, 15) is 4.79 Å². The van der Waals surface area contributed by atoms with Crippen molar-refractivity contribution in [3.63, 3.8) is 0 Å². The van der Waals surface area contributed by atoms with E-state index >= 15 is 0 Å². The number of rotatable bonds is 11. The lowest BCUT2D eigenvalue weighted by Crippen LogP contribution is -2.12. The number of carbonyl (C=O) groups excluding carboxylic acids is 1. The third-order valence-corrected chi connectivity index (χ3v) is 1.71. The van der Waals surface area contributed by atoms with Crippen LogP contribution in [0.1, 0.15) is 6.92 Å². The summed E-state index contributed by atoms with van der Waals surface area (Å²) in [5.41, 5.74) is 0.400. The molecule has 0 spiro atoms. The van der Waals surface area contributed by atoms with Gasteiger partial charge in [0.25, 0.3) is 0 Å². The summed E-state index contributed by atoms with van der Waals surface area (Å²) in [4.78, 5) is 10.8. The number of hydrogen-bond donors (Lipinski definition) is 2. The summed E-state index contributed by atoms with van der Waals surface area (Å²) in [6, 6.07) is 0. The third kappa shape index (κ3) is 19.4. The molecule has 7 nitrogen and oxygen atoms in total. The molecule has 120 valence electrons. The van der Waals surface area contributed by atoms with Gasteiger partial charge in [-0.3, -0.25) is 0 Å². The average Bonchev–Trinajstić information content (AvgIpc) is 2.43. The van der Waals surface area contributed by atoms with Gasteiger partial charge in [-0.2, -0.15) is 0 Å². The fourth-order valence-electron chi connectivity index (χ4n) is 0.792. The number of methoxy groups -OCH3 is 1. The molecule has 0 radical (unpaired) electrons. The number of ether oxygens (including phenoxy) is 4. The van der Waals surface area contributed by atoms with Crippen LogP contribution in [0, 0.1) is 0 Å². The Labute approximate surface area is 120 Å². The summed E-state index contributed by atoms with van der Waals surface area (Å²) < 4.78 is 19.2. The number of esters is 1. The van der Waals surface area contributed by atoms with Gasteiger partial charge in [0, 0.05) is 12.7 Å². The summed E-state index contributed by atoms with van der Waals surface area (Å²) in [6.07, 6.45) is 0. The van der Waals surface area contributed by atoms with Crippen LogP contribution in [0.25, 0.3) is 0 Å². The quantitative estimate of drug-likeness (QED) is 0.308. The number of hydrogen-bond acceptors (Lipinski definition) is 7. The van der Waals surface area contributed by atoms with Crippen molar-refractivity contribution < 1.29 is 34.0 Å². The molecule has 0 heterocycles. The molecule has 0 aliphatic carbocycles. The van der Waals surface area contributed by atoms with Crippen molar-refractivity contribution in [3.8, 4) is 0 Å². The van der Waals surface area contributed by atoms with E-state index < -0.39 is 0 Å². The zero-order chi connectivity index (χ0) is 15.6. The zero-order valence-corrected chi connectivity index (χ0v) is 12.3. The van der Waals surface area contributed by atoms with E-state index in [1.807, 2.05) is 0 Å². The smallest absolute Gasteiger partial charge is 0.333 e. The Morgan fingerprint density at radius 2 is 1.45 bits per heavy atom. The molecule has 7 heteroatoms. The maximum Gasteiger partial charge on any atom is 0.333 e. The minimum absolute atomic E-state index is 0.0278. The van der Waals surface area contributed by atoms with E-state index in [2.05, 4.69) is 11.3 Å². The first-order valence-electron chi connectivity index (χ1n) is 6.28. The summed E-state index contributed by atoms with van der Waals surface area (Å²) in [6.45, 7) is 7.46. The summed E-state index contributed by atoms with van der Waals surface area (Å²) in [5.74, 6) is -0.379. The Morgan fingerprint density at radius 1 is 0.950 bits per heavy atom. The molecule has 0 bridgehead atoms. The van der Waals surface area contributed by atoms with Crippen LogP contribution >= 0.6 is 0 Å². The van der Waals surface area contributed by atoms with Crippen LogP contribution in [0.2, 0.25) is 0 Å². The molecule has 0 aliphatic rings. The Hall–Kier alpha value is -0.990. The molecule has 0 aromatic carbocycles. The van der Waals surface area contributed by atoms with Gasteiger partial charge in [0.1, 0.15) is 6.61 Å². The van der Waals surface area contributed by atoms with Gasteiger partial charge in [0.05, 0.1) is 46.2 Å². The van der Waals surface area contributed by atoms with Gasteiger partial charge in [-0.05, 0) is 6.92 Å². The lowest BCUT2D eigenvalue weighted by molar-refractivity contribution is -0.140. The monoisotopic (exact) mass is 294 g/mol. The number of aliphatic hydroxyl groups excluding tert-OH is 2. The van der Waals surface area contributed by atoms with Crippen LogP contribution in [0.5, 0.6) is 0 Å². The molecule has 0 rings (SSSR count). The van der Waals surface area contributed by atoms with E-state index in [-0.39, 0.29) is 25.8 Å². The first-order chi connectivity index (χ1) is 9.59. The minimum atomic E-state index is -0.379. The maximum atomic E-state index is 10.8. The van der Waals surface area contributed by atoms with Crippen molar-refractivity contribution in [1.82, 2.24) is 0 Å². The van der Waals surface area contributed by atoms with Gasteiger partial charge < -0.3 is 29.2 Å². The molecule has 0 saturated heterocycles. The van der Waals surface area contributed by atoms with Crippen molar-refractivity contribution in [2.24, 2.45) is 0 Å². The topological polar surface area (TPSA) is 94.5 Å². The van der Waals surface area contributed by atoms with Crippen molar-refractivity contribution in [2.75, 3.05) is 60.0 Å². The minimum Gasteiger partial charge on any atom is -0.460 e. The second-order valence-corrected chi connectivity index (χ2v) is 3.58.